The summed E-state index contributed by atoms with van der Waals surface area (Å²) in [5, 5.41) is 5.49. The summed E-state index contributed by atoms with van der Waals surface area (Å²) in [7, 11) is -1.31. The number of nitrogens with one attached hydrogen (secondary N) is 3. The van der Waals surface area contributed by atoms with Crippen LogP contribution in [-0.4, -0.2) is 10.2 Å². The van der Waals surface area contributed by atoms with Crippen LogP contribution in [0.2, 0.25) is 0 Å². The Morgan fingerprint density at radius 3 is 1.88 bits per heavy atom. The maximum Gasteiger partial charge on any atom is 0.323 e. The van der Waals surface area contributed by atoms with E-state index in [1.54, 1.807) is 24.3 Å². The van der Waals surface area contributed by atoms with Crippen molar-refractivity contribution in [3.05, 3.63) is 90.5 Å². The molecule has 6 heteroatoms. The van der Waals surface area contributed by atoms with Crippen LogP contribution in [0.4, 0.5) is 16.2 Å². The fourth-order valence-electron chi connectivity index (χ4n) is 2.30. The minimum atomic E-state index is -1.31. The van der Waals surface area contributed by atoms with Crippen LogP contribution in [0.3, 0.4) is 0 Å². The van der Waals surface area contributed by atoms with Crippen LogP contribution in [0.5, 0.6) is 0 Å². The second-order valence-electron chi connectivity index (χ2n) is 5.54. The van der Waals surface area contributed by atoms with E-state index in [0.717, 1.165) is 5.56 Å². The Labute approximate surface area is 155 Å². The van der Waals surface area contributed by atoms with Crippen molar-refractivity contribution >= 4 is 28.4 Å². The highest BCUT2D eigenvalue weighted by atomic mass is 32.2. The summed E-state index contributed by atoms with van der Waals surface area (Å²) in [6.07, 6.45) is 0. The topological polar surface area (TPSA) is 70.2 Å². The van der Waals surface area contributed by atoms with Crippen LogP contribution < -0.4 is 15.4 Å². The number of benzene rings is 3. The molecule has 3 rings (SSSR count). The van der Waals surface area contributed by atoms with Crippen LogP contribution in [0.25, 0.3) is 0 Å². The number of para-hydroxylation sites is 1. The highest BCUT2D eigenvalue weighted by Crippen LogP contribution is 2.13. The molecule has 1 unspecified atom stereocenters. The van der Waals surface area contributed by atoms with Crippen molar-refractivity contribution in [1.29, 1.82) is 0 Å². The molecule has 0 saturated carbocycles. The molecule has 0 saturated heterocycles. The molecule has 132 valence electrons. The third-order valence-corrected chi connectivity index (χ3v) is 4.71. The van der Waals surface area contributed by atoms with Crippen molar-refractivity contribution in [3.8, 4) is 0 Å². The van der Waals surface area contributed by atoms with Gasteiger partial charge in [0.15, 0.2) is 0 Å². The van der Waals surface area contributed by atoms with Crippen molar-refractivity contribution in [1.82, 2.24) is 4.72 Å². The summed E-state index contributed by atoms with van der Waals surface area (Å²) in [5.41, 5.74) is 2.41. The molecule has 26 heavy (non-hydrogen) atoms. The zero-order valence-corrected chi connectivity index (χ0v) is 14.8. The van der Waals surface area contributed by atoms with E-state index >= 15 is 0 Å². The van der Waals surface area contributed by atoms with Crippen LogP contribution in [0.1, 0.15) is 5.56 Å². The second-order valence-corrected chi connectivity index (χ2v) is 6.84. The molecular weight excluding hydrogens is 346 g/mol. The predicted molar refractivity (Wildman–Crippen MR) is 105 cm³/mol. The highest BCUT2D eigenvalue weighted by Gasteiger charge is 2.06. The molecule has 3 aromatic carbocycles. The molecular formula is C20H19N3O2S. The summed E-state index contributed by atoms with van der Waals surface area (Å²) in [4.78, 5) is 12.6. The second kappa shape index (κ2) is 8.94. The van der Waals surface area contributed by atoms with Crippen LogP contribution >= 0.6 is 0 Å². The summed E-state index contributed by atoms with van der Waals surface area (Å²) >= 11 is 0. The fraction of sp³-hybridized carbons (Fsp3) is 0.0500. The molecule has 3 N–H and O–H groups in total. The zero-order chi connectivity index (χ0) is 18.2. The molecule has 5 nitrogen and oxygen atoms in total. The van der Waals surface area contributed by atoms with Gasteiger partial charge in [0.25, 0.3) is 0 Å². The van der Waals surface area contributed by atoms with Crippen molar-refractivity contribution in [2.45, 2.75) is 11.4 Å². The molecule has 0 aliphatic carbocycles. The van der Waals surface area contributed by atoms with Gasteiger partial charge in [-0.15, -0.1) is 0 Å². The average molecular weight is 365 g/mol. The van der Waals surface area contributed by atoms with Gasteiger partial charge in [0.05, 0.1) is 4.90 Å². The van der Waals surface area contributed by atoms with E-state index in [1.165, 1.54) is 0 Å². The maximum absolute atomic E-state index is 12.3. The largest absolute Gasteiger partial charge is 0.323 e. The van der Waals surface area contributed by atoms with Crippen LogP contribution in [-0.2, 0) is 17.5 Å². The summed E-state index contributed by atoms with van der Waals surface area (Å²) in [5.74, 6) is 0. The monoisotopic (exact) mass is 365 g/mol. The molecule has 0 fully saturated rings. The highest BCUT2D eigenvalue weighted by molar-refractivity contribution is 7.83. The minimum Gasteiger partial charge on any atom is -0.308 e. The number of rotatable bonds is 6. The number of hydrogen-bond acceptors (Lipinski definition) is 2. The Morgan fingerprint density at radius 2 is 1.27 bits per heavy atom. The average Bonchev–Trinajstić information content (AvgIpc) is 2.68. The van der Waals surface area contributed by atoms with E-state index in [0.29, 0.717) is 22.8 Å². The fourth-order valence-corrected chi connectivity index (χ4v) is 3.15. The van der Waals surface area contributed by atoms with Gasteiger partial charge in [-0.25, -0.2) is 13.7 Å². The minimum absolute atomic E-state index is 0.327. The van der Waals surface area contributed by atoms with Gasteiger partial charge in [-0.3, -0.25) is 0 Å². The van der Waals surface area contributed by atoms with Crippen molar-refractivity contribution < 1.29 is 9.00 Å². The Balaban J connectivity index is 1.52. The zero-order valence-electron chi connectivity index (χ0n) is 14.0. The van der Waals surface area contributed by atoms with E-state index in [9.17, 15) is 9.00 Å². The molecule has 0 radical (unpaired) electrons. The smallest absolute Gasteiger partial charge is 0.308 e. The van der Waals surface area contributed by atoms with E-state index in [4.69, 9.17) is 0 Å². The lowest BCUT2D eigenvalue weighted by molar-refractivity contribution is 0.262. The standard InChI is InChI=1S/C20H19N3O2S/c24-20(22-17-9-5-2-6-10-17)23-18-11-13-19(14-12-18)26(25)21-15-16-7-3-1-4-8-16/h1-14,21H,15H2,(H2,22,23,24). The third-order valence-electron chi connectivity index (χ3n) is 3.61. The van der Waals surface area contributed by atoms with Crippen LogP contribution in [0, 0.1) is 0 Å². The summed E-state index contributed by atoms with van der Waals surface area (Å²) in [6, 6.07) is 25.6. The first-order valence-electron chi connectivity index (χ1n) is 8.13. The lowest BCUT2D eigenvalue weighted by atomic mass is 10.2. The van der Waals surface area contributed by atoms with Gasteiger partial charge in [-0.2, -0.15) is 0 Å². The van der Waals surface area contributed by atoms with E-state index in [-0.39, 0.29) is 6.03 Å². The number of urea groups is 1. The lowest BCUT2D eigenvalue weighted by Crippen LogP contribution is -2.19. The van der Waals surface area contributed by atoms with Gasteiger partial charge < -0.3 is 10.6 Å². The van der Waals surface area contributed by atoms with E-state index in [2.05, 4.69) is 15.4 Å². The van der Waals surface area contributed by atoms with Gasteiger partial charge in [0, 0.05) is 17.9 Å². The van der Waals surface area contributed by atoms with Crippen LogP contribution in [0.15, 0.2) is 89.8 Å². The molecule has 3 aromatic rings. The van der Waals surface area contributed by atoms with Crippen molar-refractivity contribution in [3.63, 3.8) is 0 Å². The van der Waals surface area contributed by atoms with Crippen molar-refractivity contribution in [2.75, 3.05) is 10.6 Å². The molecule has 0 spiro atoms. The van der Waals surface area contributed by atoms with Crippen molar-refractivity contribution in [2.24, 2.45) is 0 Å². The van der Waals surface area contributed by atoms with Gasteiger partial charge >= 0.3 is 6.03 Å². The number of carbonyl (C=O) groups excluding carboxylic acids is 1. The predicted octanol–water partition coefficient (Wildman–Crippen LogP) is 4.14. The number of anilines is 2. The molecule has 0 aromatic heterocycles. The third kappa shape index (κ3) is 5.27. The normalized spacial score (nSPS) is 11.5. The Hall–Kier alpha value is -2.96. The lowest BCUT2D eigenvalue weighted by Gasteiger charge is -2.09. The number of amides is 2. The molecule has 0 heterocycles. The summed E-state index contributed by atoms with van der Waals surface area (Å²) < 4.78 is 15.3. The number of carbonyl (C=O) groups is 1. The van der Waals surface area contributed by atoms with Gasteiger partial charge in [0.2, 0.25) is 0 Å². The molecule has 1 atom stereocenters. The Morgan fingerprint density at radius 1 is 0.731 bits per heavy atom. The van der Waals surface area contributed by atoms with E-state index < -0.39 is 11.0 Å². The SMILES string of the molecule is O=C(Nc1ccccc1)Nc1ccc(S(=O)NCc2ccccc2)cc1. The Bertz CT molecular complexity index is 869. The first-order valence-corrected chi connectivity index (χ1v) is 9.28. The first-order chi connectivity index (χ1) is 12.7. The molecule has 2 amide bonds. The maximum atomic E-state index is 12.3. The van der Waals surface area contributed by atoms with E-state index in [1.807, 2.05) is 60.7 Å². The summed E-state index contributed by atoms with van der Waals surface area (Å²) in [6.45, 7) is 0.521. The Kier molecular flexibility index (Phi) is 6.14. The molecule has 0 aliphatic rings. The van der Waals surface area contributed by atoms with Gasteiger partial charge in [-0.05, 0) is 42.0 Å². The van der Waals surface area contributed by atoms with Gasteiger partial charge in [0.1, 0.15) is 11.0 Å². The quantitative estimate of drug-likeness (QED) is 0.614. The van der Waals surface area contributed by atoms with Gasteiger partial charge in [-0.1, -0.05) is 48.5 Å². The molecule has 0 bridgehead atoms. The first kappa shape index (κ1) is 17.8. The molecule has 0 aliphatic heterocycles. The number of hydrogen-bond donors (Lipinski definition) is 3.